The Balaban J connectivity index is 1.52. The second-order valence-electron chi connectivity index (χ2n) is 6.56. The Morgan fingerprint density at radius 3 is 2.73 bits per heavy atom. The number of ether oxygens (including phenoxy) is 1. The number of aryl methyl sites for hydroxylation is 1. The van der Waals surface area contributed by atoms with Crippen LogP contribution in [0.2, 0.25) is 0 Å². The van der Waals surface area contributed by atoms with Gasteiger partial charge in [0.15, 0.2) is 6.10 Å². The van der Waals surface area contributed by atoms with Crippen LogP contribution in [0.5, 0.6) is 5.75 Å². The molecule has 26 heavy (non-hydrogen) atoms. The van der Waals surface area contributed by atoms with Crippen molar-refractivity contribution in [1.82, 2.24) is 10.9 Å². The Kier molecular flexibility index (Phi) is 5.56. The highest BCUT2D eigenvalue weighted by Crippen LogP contribution is 2.32. The van der Waals surface area contributed by atoms with Crippen LogP contribution in [0.15, 0.2) is 30.3 Å². The normalized spacial score (nSPS) is 17.1. The lowest BCUT2D eigenvalue weighted by Gasteiger charge is -2.16. The van der Waals surface area contributed by atoms with Crippen LogP contribution < -0.4 is 15.6 Å². The van der Waals surface area contributed by atoms with E-state index in [0.29, 0.717) is 16.5 Å². The van der Waals surface area contributed by atoms with Crippen molar-refractivity contribution in [2.45, 2.75) is 39.2 Å². The number of fused-ring (bicyclic) bond motifs is 1. The summed E-state index contributed by atoms with van der Waals surface area (Å²) in [6.07, 6.45) is 2.30. The standard InChI is InChI=1S/C19H21FN2O3S/c1-11-3-8-16-13(9-11)10-17(26-16)19(24)22-21-18(23)12(2)25-15-6-4-14(20)5-7-15/h4-7,10-12H,3,8-9H2,1-2H3,(H,21,23)(H,22,24). The number of carbonyl (C=O) groups excluding carboxylic acids is 2. The Bertz CT molecular complexity index is 804. The third kappa shape index (κ3) is 4.40. The molecule has 2 unspecified atom stereocenters. The molecule has 2 N–H and O–H groups in total. The molecule has 1 heterocycles. The monoisotopic (exact) mass is 376 g/mol. The first-order valence-electron chi connectivity index (χ1n) is 8.56. The fourth-order valence-electron chi connectivity index (χ4n) is 2.87. The molecule has 1 aliphatic carbocycles. The van der Waals surface area contributed by atoms with E-state index in [1.807, 2.05) is 6.07 Å². The van der Waals surface area contributed by atoms with E-state index in [1.165, 1.54) is 46.0 Å². The largest absolute Gasteiger partial charge is 0.481 e. The van der Waals surface area contributed by atoms with E-state index >= 15 is 0 Å². The molecule has 0 aliphatic heterocycles. The summed E-state index contributed by atoms with van der Waals surface area (Å²) < 4.78 is 18.3. The Morgan fingerprint density at radius 2 is 2.00 bits per heavy atom. The summed E-state index contributed by atoms with van der Waals surface area (Å²) in [6.45, 7) is 3.76. The van der Waals surface area contributed by atoms with Gasteiger partial charge in [0.25, 0.3) is 11.8 Å². The minimum Gasteiger partial charge on any atom is -0.481 e. The van der Waals surface area contributed by atoms with Gasteiger partial charge in [-0.3, -0.25) is 20.4 Å². The maximum absolute atomic E-state index is 12.9. The topological polar surface area (TPSA) is 67.4 Å². The van der Waals surface area contributed by atoms with Gasteiger partial charge in [0.05, 0.1) is 4.88 Å². The smallest absolute Gasteiger partial charge is 0.279 e. The van der Waals surface area contributed by atoms with Crippen molar-refractivity contribution in [3.63, 3.8) is 0 Å². The van der Waals surface area contributed by atoms with Gasteiger partial charge in [0.2, 0.25) is 0 Å². The molecule has 0 radical (unpaired) electrons. The van der Waals surface area contributed by atoms with Gasteiger partial charge in [-0.25, -0.2) is 4.39 Å². The van der Waals surface area contributed by atoms with Crippen LogP contribution in [0.1, 0.15) is 40.4 Å². The molecule has 7 heteroatoms. The molecule has 0 bridgehead atoms. The molecule has 0 saturated carbocycles. The van der Waals surface area contributed by atoms with Crippen LogP contribution in [0, 0.1) is 11.7 Å². The zero-order chi connectivity index (χ0) is 18.7. The van der Waals surface area contributed by atoms with Gasteiger partial charge in [0, 0.05) is 4.88 Å². The van der Waals surface area contributed by atoms with E-state index in [0.717, 1.165) is 19.3 Å². The van der Waals surface area contributed by atoms with Crippen molar-refractivity contribution in [3.05, 3.63) is 51.5 Å². The van der Waals surface area contributed by atoms with Crippen LogP contribution in [-0.2, 0) is 17.6 Å². The molecule has 1 aromatic carbocycles. The Hall–Kier alpha value is -2.41. The maximum atomic E-state index is 12.9. The minimum absolute atomic E-state index is 0.334. The molecule has 1 aromatic heterocycles. The van der Waals surface area contributed by atoms with Crippen molar-refractivity contribution < 1.29 is 18.7 Å². The van der Waals surface area contributed by atoms with E-state index in [-0.39, 0.29) is 11.7 Å². The average molecular weight is 376 g/mol. The molecule has 1 aliphatic rings. The van der Waals surface area contributed by atoms with Gasteiger partial charge < -0.3 is 4.74 Å². The predicted molar refractivity (Wildman–Crippen MR) is 97.6 cm³/mol. The van der Waals surface area contributed by atoms with E-state index in [4.69, 9.17) is 4.74 Å². The van der Waals surface area contributed by atoms with Crippen molar-refractivity contribution in [1.29, 1.82) is 0 Å². The fourth-order valence-corrected chi connectivity index (χ4v) is 3.97. The lowest BCUT2D eigenvalue weighted by atomic mass is 9.90. The third-order valence-corrected chi connectivity index (χ3v) is 5.58. The van der Waals surface area contributed by atoms with Crippen LogP contribution in [0.3, 0.4) is 0 Å². The molecular formula is C19H21FN2O3S. The van der Waals surface area contributed by atoms with Crippen LogP contribution in [0.25, 0.3) is 0 Å². The molecule has 0 fully saturated rings. The van der Waals surface area contributed by atoms with Crippen LogP contribution in [-0.4, -0.2) is 17.9 Å². The zero-order valence-electron chi connectivity index (χ0n) is 14.7. The summed E-state index contributed by atoms with van der Waals surface area (Å²) in [6, 6.07) is 7.29. The van der Waals surface area contributed by atoms with Gasteiger partial charge in [0.1, 0.15) is 11.6 Å². The van der Waals surface area contributed by atoms with Gasteiger partial charge in [-0.15, -0.1) is 11.3 Å². The number of hydrogen-bond acceptors (Lipinski definition) is 4. The number of thiophene rings is 1. The van der Waals surface area contributed by atoms with Crippen molar-refractivity contribution in [2.75, 3.05) is 0 Å². The second-order valence-corrected chi connectivity index (χ2v) is 7.70. The number of rotatable bonds is 4. The number of hydrazine groups is 1. The van der Waals surface area contributed by atoms with Gasteiger partial charge in [-0.2, -0.15) is 0 Å². The summed E-state index contributed by atoms with van der Waals surface area (Å²) in [4.78, 5) is 26.2. The summed E-state index contributed by atoms with van der Waals surface area (Å²) in [5.41, 5.74) is 6.03. The summed E-state index contributed by atoms with van der Waals surface area (Å²) >= 11 is 1.48. The molecule has 0 saturated heterocycles. The molecule has 0 spiro atoms. The fraction of sp³-hybridized carbons (Fsp3) is 0.368. The number of amides is 2. The highest BCUT2D eigenvalue weighted by molar-refractivity contribution is 7.14. The van der Waals surface area contributed by atoms with Crippen LogP contribution >= 0.6 is 11.3 Å². The maximum Gasteiger partial charge on any atom is 0.279 e. The lowest BCUT2D eigenvalue weighted by Crippen LogP contribution is -2.47. The molecule has 2 aromatic rings. The Morgan fingerprint density at radius 1 is 1.27 bits per heavy atom. The molecule has 2 atom stereocenters. The minimum atomic E-state index is -0.835. The van der Waals surface area contributed by atoms with Gasteiger partial charge >= 0.3 is 0 Å². The first-order chi connectivity index (χ1) is 12.4. The molecular weight excluding hydrogens is 355 g/mol. The number of halogens is 1. The molecule has 2 amide bonds. The first kappa shape index (κ1) is 18.4. The highest BCUT2D eigenvalue weighted by Gasteiger charge is 2.21. The number of carbonyl (C=O) groups is 2. The lowest BCUT2D eigenvalue weighted by molar-refractivity contribution is -0.128. The summed E-state index contributed by atoms with van der Waals surface area (Å²) in [5.74, 6) is -0.190. The van der Waals surface area contributed by atoms with E-state index < -0.39 is 12.0 Å². The van der Waals surface area contributed by atoms with Crippen molar-refractivity contribution in [3.8, 4) is 5.75 Å². The number of nitrogens with one attached hydrogen (secondary N) is 2. The second kappa shape index (κ2) is 7.86. The average Bonchev–Trinajstić information content (AvgIpc) is 3.04. The summed E-state index contributed by atoms with van der Waals surface area (Å²) in [5, 5.41) is 0. The number of benzene rings is 1. The van der Waals surface area contributed by atoms with E-state index in [9.17, 15) is 14.0 Å². The van der Waals surface area contributed by atoms with Crippen molar-refractivity contribution >= 4 is 23.2 Å². The van der Waals surface area contributed by atoms with E-state index in [1.54, 1.807) is 6.92 Å². The molecule has 3 rings (SSSR count). The quantitative estimate of drug-likeness (QED) is 0.805. The molecule has 138 valence electrons. The summed E-state index contributed by atoms with van der Waals surface area (Å²) in [7, 11) is 0. The van der Waals surface area contributed by atoms with E-state index in [2.05, 4.69) is 17.8 Å². The van der Waals surface area contributed by atoms with Crippen molar-refractivity contribution in [2.24, 2.45) is 5.92 Å². The highest BCUT2D eigenvalue weighted by atomic mass is 32.1. The predicted octanol–water partition coefficient (Wildman–Crippen LogP) is 3.24. The Labute approximate surface area is 155 Å². The third-order valence-electron chi connectivity index (χ3n) is 4.35. The molecule has 5 nitrogen and oxygen atoms in total. The zero-order valence-corrected chi connectivity index (χ0v) is 15.5. The van der Waals surface area contributed by atoms with Gasteiger partial charge in [-0.1, -0.05) is 6.92 Å². The van der Waals surface area contributed by atoms with Crippen LogP contribution in [0.4, 0.5) is 4.39 Å². The first-order valence-corrected chi connectivity index (χ1v) is 9.38. The SMILES string of the molecule is CC1CCc2sc(C(=O)NNC(=O)C(C)Oc3ccc(F)cc3)cc2C1. The number of hydrogen-bond donors (Lipinski definition) is 2. The van der Waals surface area contributed by atoms with Gasteiger partial charge in [-0.05, 0) is 68.0 Å².